The SMILES string of the molecule is C=C(C)C(=O)OCC(=O)OC1C2CC3C1OC(=O)C3(C#N)C2.C=C(C)C(=O)OCC(=O)OC1C2CC3C1OC(=O)C3C2C#N.C=CC(=O)OCC(=O)OC1C2CC3C1OC(=O)C3(C#N)C2.C=CC(=O)OCC(=O)OC1C2CC3C1OC(=O)C3C2C#N. The standard InChI is InChI=1S/2C15H15NO6.2C14H13NO6/c1-7(2)13(18)20-5-10(17)21-11-8-3-9-12(11)22-14(19)15(9,4-8)6-16;1-6(2)14(18)20-5-10(17)21-12-7-3-8-11(9(7)4-16)15(19)22-13(8)12;1-2-9(16)19-5-10(17)20-11-7-3-8-12(11)21-13(18)14(8,4-7)6-15;1-2-9(16)19-5-10(17)20-12-6-3-7-11(8(6)4-15)14(18)21-13(7)12/h8-9,11-12H,1,3-5H2,2H3;7-9,11-13H,1,3,5H2,2H3;2,7-8,11-12H,1,3-5H2;2,6-8,11-13H,1,3,5H2. The summed E-state index contributed by atoms with van der Waals surface area (Å²) in [6.45, 7) is 14.1. The molecule has 28 heteroatoms. The molecule has 0 aromatic carbocycles. The maximum absolute atomic E-state index is 11.9. The summed E-state index contributed by atoms with van der Waals surface area (Å²) in [5.74, 6) is -10.2. The van der Waals surface area contributed by atoms with Crippen LogP contribution in [0.5, 0.6) is 0 Å². The number of nitrogens with zero attached hydrogens (tertiary/aromatic N) is 4. The molecule has 12 rings (SSSR count). The summed E-state index contributed by atoms with van der Waals surface area (Å²) >= 11 is 0. The fraction of sp³-hybridized carbons (Fsp3) is 0.586. The highest BCUT2D eigenvalue weighted by atomic mass is 16.6. The Balaban J connectivity index is 0.000000137. The smallest absolute Gasteiger partial charge is 0.344 e. The lowest BCUT2D eigenvalue weighted by Gasteiger charge is -2.27. The monoisotopic (exact) mass is 1190 g/mol. The van der Waals surface area contributed by atoms with Gasteiger partial charge in [-0.15, -0.1) is 0 Å². The minimum Gasteiger partial charge on any atom is -0.458 e. The molecule has 22 atom stereocenters. The normalized spacial score (nSPS) is 37.9. The fourth-order valence-electron chi connectivity index (χ4n) is 14.8. The van der Waals surface area contributed by atoms with E-state index in [0.29, 0.717) is 38.5 Å². The zero-order valence-electron chi connectivity index (χ0n) is 46.2. The Labute approximate surface area is 489 Å². The van der Waals surface area contributed by atoms with E-state index in [1.165, 1.54) is 13.8 Å². The van der Waals surface area contributed by atoms with Crippen LogP contribution in [0.15, 0.2) is 49.6 Å². The summed E-state index contributed by atoms with van der Waals surface area (Å²) in [6.07, 6.45) is 0.697. The van der Waals surface area contributed by atoms with E-state index in [1.807, 2.05) is 0 Å². The van der Waals surface area contributed by atoms with Crippen molar-refractivity contribution in [3.8, 4) is 24.3 Å². The molecule has 0 spiro atoms. The third kappa shape index (κ3) is 10.7. The van der Waals surface area contributed by atoms with E-state index in [1.54, 1.807) is 0 Å². The van der Waals surface area contributed by atoms with E-state index in [0.717, 1.165) is 12.2 Å². The van der Waals surface area contributed by atoms with Crippen molar-refractivity contribution in [2.45, 2.75) is 101 Å². The molecule has 28 nitrogen and oxygen atoms in total. The van der Waals surface area contributed by atoms with Crippen molar-refractivity contribution in [3.05, 3.63) is 49.6 Å². The molecule has 8 bridgehead atoms. The van der Waals surface area contributed by atoms with Gasteiger partial charge in [0.05, 0.1) is 47.9 Å². The lowest BCUT2D eigenvalue weighted by Crippen LogP contribution is -2.40. The second-order valence-corrected chi connectivity index (χ2v) is 23.0. The van der Waals surface area contributed by atoms with Crippen molar-refractivity contribution in [2.24, 2.45) is 81.8 Å². The summed E-state index contributed by atoms with van der Waals surface area (Å²) < 4.78 is 60.8. The number of ether oxygens (including phenoxy) is 12. The topological polar surface area (TPSA) is 411 Å². The number of carbonyl (C=O) groups is 12. The predicted octanol–water partition coefficient (Wildman–Crippen LogP) is 0.902. The van der Waals surface area contributed by atoms with Crippen LogP contribution in [-0.2, 0) is 114 Å². The van der Waals surface area contributed by atoms with Gasteiger partial charge in [0.2, 0.25) is 0 Å². The molecule has 4 saturated heterocycles. The van der Waals surface area contributed by atoms with Gasteiger partial charge in [-0.2, -0.15) is 21.0 Å². The van der Waals surface area contributed by atoms with Gasteiger partial charge in [-0.25, -0.2) is 38.4 Å². The molecule has 4 aliphatic heterocycles. The molecule has 452 valence electrons. The highest BCUT2D eigenvalue weighted by molar-refractivity contribution is 5.90. The van der Waals surface area contributed by atoms with Gasteiger partial charge in [0.25, 0.3) is 0 Å². The Morgan fingerprint density at radius 1 is 0.500 bits per heavy atom. The van der Waals surface area contributed by atoms with Gasteiger partial charge < -0.3 is 56.8 Å². The summed E-state index contributed by atoms with van der Waals surface area (Å²) in [5, 5.41) is 37.0. The van der Waals surface area contributed by atoms with Gasteiger partial charge in [0, 0.05) is 70.6 Å². The molecular weight excluding hydrogens is 1140 g/mol. The molecule has 12 aliphatic rings. The van der Waals surface area contributed by atoms with Crippen molar-refractivity contribution in [1.82, 2.24) is 0 Å². The highest BCUT2D eigenvalue weighted by Gasteiger charge is 2.74. The first-order valence-corrected chi connectivity index (χ1v) is 27.4. The summed E-state index contributed by atoms with van der Waals surface area (Å²) in [5.41, 5.74) is -1.75. The summed E-state index contributed by atoms with van der Waals surface area (Å²) in [4.78, 5) is 138. The maximum Gasteiger partial charge on any atom is 0.344 e. The van der Waals surface area contributed by atoms with Crippen LogP contribution in [0.3, 0.4) is 0 Å². The molecular formula is C58H56N4O24. The van der Waals surface area contributed by atoms with Crippen LogP contribution in [0.4, 0.5) is 0 Å². The third-order valence-corrected chi connectivity index (χ3v) is 18.3. The van der Waals surface area contributed by atoms with E-state index in [4.69, 9.17) is 47.4 Å². The molecule has 0 aromatic heterocycles. The first kappa shape index (κ1) is 61.1. The van der Waals surface area contributed by atoms with Crippen molar-refractivity contribution in [1.29, 1.82) is 21.0 Å². The number of hydrogen-bond donors (Lipinski definition) is 0. The Morgan fingerprint density at radius 3 is 1.15 bits per heavy atom. The zero-order valence-corrected chi connectivity index (χ0v) is 46.2. The van der Waals surface area contributed by atoms with Crippen LogP contribution in [0.25, 0.3) is 0 Å². The largest absolute Gasteiger partial charge is 0.458 e. The van der Waals surface area contributed by atoms with Crippen molar-refractivity contribution in [3.63, 3.8) is 0 Å². The highest BCUT2D eigenvalue weighted by Crippen LogP contribution is 2.64. The summed E-state index contributed by atoms with van der Waals surface area (Å²) in [7, 11) is 0. The van der Waals surface area contributed by atoms with E-state index in [9.17, 15) is 78.6 Å². The van der Waals surface area contributed by atoms with Gasteiger partial charge >= 0.3 is 71.6 Å². The number of nitriles is 4. The number of hydrogen-bond acceptors (Lipinski definition) is 28. The van der Waals surface area contributed by atoms with Gasteiger partial charge in [-0.1, -0.05) is 26.3 Å². The Bertz CT molecular complexity index is 3200. The van der Waals surface area contributed by atoms with E-state index in [2.05, 4.69) is 60.1 Å². The molecule has 8 aliphatic carbocycles. The lowest BCUT2D eigenvalue weighted by atomic mass is 9.75. The number of esters is 12. The van der Waals surface area contributed by atoms with Crippen molar-refractivity contribution < 1.29 is 114 Å². The van der Waals surface area contributed by atoms with Crippen LogP contribution in [0.1, 0.15) is 52.4 Å². The molecule has 22 unspecified atom stereocenters. The Morgan fingerprint density at radius 2 is 0.837 bits per heavy atom. The lowest BCUT2D eigenvalue weighted by molar-refractivity contribution is -0.169. The van der Waals surface area contributed by atoms with E-state index >= 15 is 0 Å². The van der Waals surface area contributed by atoms with Crippen LogP contribution in [0.2, 0.25) is 0 Å². The molecule has 0 N–H and O–H groups in total. The first-order chi connectivity index (χ1) is 40.9. The molecule has 0 radical (unpaired) electrons. The minimum atomic E-state index is -1.06. The molecule has 8 saturated carbocycles. The van der Waals surface area contributed by atoms with Crippen LogP contribution in [-0.4, -0.2) is 147 Å². The summed E-state index contributed by atoms with van der Waals surface area (Å²) in [6, 6.07) is 8.42. The van der Waals surface area contributed by atoms with Gasteiger partial charge in [-0.3, -0.25) is 19.2 Å². The van der Waals surface area contributed by atoms with E-state index in [-0.39, 0.29) is 70.4 Å². The fourth-order valence-corrected chi connectivity index (χ4v) is 14.8. The van der Waals surface area contributed by atoms with Crippen LogP contribution >= 0.6 is 0 Å². The van der Waals surface area contributed by atoms with E-state index < -0.39 is 169 Å². The van der Waals surface area contributed by atoms with Gasteiger partial charge in [0.15, 0.2) is 37.3 Å². The quantitative estimate of drug-likeness (QED) is 0.118. The molecule has 0 amide bonds. The zero-order chi connectivity index (χ0) is 62.4. The molecule has 0 aromatic rings. The second-order valence-electron chi connectivity index (χ2n) is 23.0. The average Bonchev–Trinajstić information content (AvgIpc) is 1.64. The van der Waals surface area contributed by atoms with Crippen molar-refractivity contribution >= 4 is 71.6 Å². The maximum atomic E-state index is 11.9. The number of carbonyl (C=O) groups excluding carboxylic acids is 12. The third-order valence-electron chi connectivity index (χ3n) is 18.3. The first-order valence-electron chi connectivity index (χ1n) is 27.4. The predicted molar refractivity (Wildman–Crippen MR) is 270 cm³/mol. The number of rotatable bonds is 16. The molecule has 4 heterocycles. The number of fused-ring (bicyclic) bond motifs is 4. The van der Waals surface area contributed by atoms with Crippen LogP contribution in [0, 0.1) is 127 Å². The molecule has 86 heavy (non-hydrogen) atoms. The van der Waals surface area contributed by atoms with Crippen molar-refractivity contribution in [2.75, 3.05) is 26.4 Å². The Kier molecular flexibility index (Phi) is 17.0. The molecule has 12 fully saturated rings. The van der Waals surface area contributed by atoms with Gasteiger partial charge in [-0.05, 0) is 52.4 Å². The minimum absolute atomic E-state index is 0.0549. The van der Waals surface area contributed by atoms with Crippen LogP contribution < -0.4 is 0 Å². The average molecular weight is 1190 g/mol. The second kappa shape index (κ2) is 23.9. The van der Waals surface area contributed by atoms with Gasteiger partial charge in [0.1, 0.15) is 48.8 Å². The Hall–Kier alpha value is -9.44.